The zero-order valence-electron chi connectivity index (χ0n) is 15.2. The van der Waals surface area contributed by atoms with E-state index < -0.39 is 0 Å². The number of ether oxygens (including phenoxy) is 1. The first kappa shape index (κ1) is 19.8. The third-order valence-corrected chi connectivity index (χ3v) is 6.21. The lowest BCUT2D eigenvalue weighted by Crippen LogP contribution is -2.58. The summed E-state index contributed by atoms with van der Waals surface area (Å²) in [6.07, 6.45) is 10.0. The number of rotatable bonds is 6. The van der Waals surface area contributed by atoms with Gasteiger partial charge in [-0.05, 0) is 57.0 Å². The van der Waals surface area contributed by atoms with Crippen LogP contribution in [0.1, 0.15) is 51.4 Å². The van der Waals surface area contributed by atoms with Crippen molar-refractivity contribution in [1.29, 1.82) is 0 Å². The summed E-state index contributed by atoms with van der Waals surface area (Å²) in [5.41, 5.74) is 0.131. The summed E-state index contributed by atoms with van der Waals surface area (Å²) in [4.78, 5) is 15.0. The molecule has 1 N–H and O–H groups in total. The number of carbonyl (C=O) groups is 1. The molecule has 1 aromatic rings. The maximum absolute atomic E-state index is 12.3. The molecule has 4 nitrogen and oxygen atoms in total. The molecule has 2 fully saturated rings. The van der Waals surface area contributed by atoms with Gasteiger partial charge in [-0.1, -0.05) is 48.9 Å². The van der Waals surface area contributed by atoms with Gasteiger partial charge in [-0.15, -0.1) is 0 Å². The van der Waals surface area contributed by atoms with Crippen LogP contribution in [0, 0.1) is 0 Å². The number of carbonyl (C=O) groups excluding carboxylic acids is 1. The van der Waals surface area contributed by atoms with E-state index in [1.807, 2.05) is 0 Å². The summed E-state index contributed by atoms with van der Waals surface area (Å²) in [6, 6.07) is 5.01. The number of hydrogen-bond donors (Lipinski definition) is 1. The van der Waals surface area contributed by atoms with Gasteiger partial charge in [0.15, 0.2) is 6.61 Å². The molecular formula is C20H28Cl2N2O2. The molecule has 1 aliphatic heterocycles. The van der Waals surface area contributed by atoms with Crippen molar-refractivity contribution in [2.75, 3.05) is 26.2 Å². The topological polar surface area (TPSA) is 41.6 Å². The molecule has 0 spiro atoms. The lowest BCUT2D eigenvalue weighted by molar-refractivity contribution is -0.124. The minimum atomic E-state index is -0.0991. The molecule has 1 aliphatic carbocycles. The number of benzene rings is 1. The molecule has 6 heteroatoms. The Morgan fingerprint density at radius 1 is 1.08 bits per heavy atom. The summed E-state index contributed by atoms with van der Waals surface area (Å²) < 4.78 is 5.56. The van der Waals surface area contributed by atoms with Gasteiger partial charge in [0.25, 0.3) is 5.91 Å². The SMILES string of the molecule is O=C(COc1ccc(Cl)cc1Cl)NCC1(N2CCCCC2)CCCCC1. The summed E-state index contributed by atoms with van der Waals surface area (Å²) in [6.45, 7) is 3.00. The highest BCUT2D eigenvalue weighted by molar-refractivity contribution is 6.35. The second kappa shape index (κ2) is 9.29. The van der Waals surface area contributed by atoms with Crippen LogP contribution >= 0.6 is 23.2 Å². The molecular weight excluding hydrogens is 371 g/mol. The van der Waals surface area contributed by atoms with Gasteiger partial charge in [0.2, 0.25) is 0 Å². The lowest BCUT2D eigenvalue weighted by Gasteiger charge is -2.48. The largest absolute Gasteiger partial charge is 0.482 e. The van der Waals surface area contributed by atoms with Gasteiger partial charge >= 0.3 is 0 Å². The number of nitrogens with zero attached hydrogens (tertiary/aromatic N) is 1. The van der Waals surface area contributed by atoms with Crippen molar-refractivity contribution in [3.8, 4) is 5.75 Å². The highest BCUT2D eigenvalue weighted by atomic mass is 35.5. The molecule has 0 bridgehead atoms. The van der Waals surface area contributed by atoms with Gasteiger partial charge in [0, 0.05) is 17.1 Å². The first-order valence-electron chi connectivity index (χ1n) is 9.69. The molecule has 26 heavy (non-hydrogen) atoms. The Morgan fingerprint density at radius 3 is 2.46 bits per heavy atom. The number of hydrogen-bond acceptors (Lipinski definition) is 3. The van der Waals surface area contributed by atoms with Crippen LogP contribution in [0.4, 0.5) is 0 Å². The standard InChI is InChI=1S/C20H28Cl2N2O2/c21-16-7-8-18(17(22)13-16)26-14-19(25)23-15-20(9-3-1-4-10-20)24-11-5-2-6-12-24/h7-8,13H,1-6,9-12,14-15H2,(H,23,25). The van der Waals surface area contributed by atoms with Crippen LogP contribution in [0.5, 0.6) is 5.75 Å². The van der Waals surface area contributed by atoms with Gasteiger partial charge in [0.1, 0.15) is 5.75 Å². The van der Waals surface area contributed by atoms with Gasteiger partial charge in [0.05, 0.1) is 5.02 Å². The average Bonchev–Trinajstić information content (AvgIpc) is 2.67. The van der Waals surface area contributed by atoms with Gasteiger partial charge < -0.3 is 10.1 Å². The number of halogens is 2. The predicted molar refractivity (Wildman–Crippen MR) is 106 cm³/mol. The first-order valence-corrected chi connectivity index (χ1v) is 10.4. The van der Waals surface area contributed by atoms with Crippen LogP contribution in [-0.2, 0) is 4.79 Å². The summed E-state index contributed by atoms with van der Waals surface area (Å²) in [7, 11) is 0. The second-order valence-electron chi connectivity index (χ2n) is 7.47. The molecule has 2 aliphatic rings. The Bertz CT molecular complexity index is 612. The Labute approximate surface area is 166 Å². The summed E-state index contributed by atoms with van der Waals surface area (Å²) in [5, 5.41) is 4.08. The molecule has 1 saturated carbocycles. The molecule has 0 atom stereocenters. The van der Waals surface area contributed by atoms with E-state index in [-0.39, 0.29) is 18.1 Å². The third-order valence-electron chi connectivity index (χ3n) is 5.68. The van der Waals surface area contributed by atoms with E-state index >= 15 is 0 Å². The summed E-state index contributed by atoms with van der Waals surface area (Å²) >= 11 is 12.0. The molecule has 1 saturated heterocycles. The Morgan fingerprint density at radius 2 is 1.77 bits per heavy atom. The van der Waals surface area contributed by atoms with Crippen molar-refractivity contribution in [3.63, 3.8) is 0 Å². The molecule has 144 valence electrons. The van der Waals surface area contributed by atoms with E-state index in [2.05, 4.69) is 10.2 Å². The smallest absolute Gasteiger partial charge is 0.258 e. The Hall–Kier alpha value is -0.970. The first-order chi connectivity index (χ1) is 12.6. The Balaban J connectivity index is 1.53. The zero-order valence-corrected chi connectivity index (χ0v) is 16.7. The monoisotopic (exact) mass is 398 g/mol. The fourth-order valence-electron chi connectivity index (χ4n) is 4.23. The minimum Gasteiger partial charge on any atom is -0.482 e. The molecule has 1 aromatic carbocycles. The van der Waals surface area contributed by atoms with Crippen molar-refractivity contribution in [1.82, 2.24) is 10.2 Å². The number of nitrogens with one attached hydrogen (secondary N) is 1. The van der Waals surface area contributed by atoms with Crippen molar-refractivity contribution in [2.45, 2.75) is 56.9 Å². The normalized spacial score (nSPS) is 20.5. The maximum Gasteiger partial charge on any atom is 0.258 e. The second-order valence-corrected chi connectivity index (χ2v) is 8.32. The maximum atomic E-state index is 12.3. The van der Waals surface area contributed by atoms with E-state index in [4.69, 9.17) is 27.9 Å². The molecule has 1 amide bonds. The van der Waals surface area contributed by atoms with Crippen LogP contribution in [0.15, 0.2) is 18.2 Å². The van der Waals surface area contributed by atoms with Crippen LogP contribution in [0.3, 0.4) is 0 Å². The number of amides is 1. The van der Waals surface area contributed by atoms with E-state index in [0.717, 1.165) is 13.1 Å². The van der Waals surface area contributed by atoms with E-state index in [0.29, 0.717) is 22.3 Å². The van der Waals surface area contributed by atoms with Crippen LogP contribution in [-0.4, -0.2) is 42.6 Å². The van der Waals surface area contributed by atoms with Crippen LogP contribution < -0.4 is 10.1 Å². The van der Waals surface area contributed by atoms with Crippen molar-refractivity contribution < 1.29 is 9.53 Å². The highest BCUT2D eigenvalue weighted by Crippen LogP contribution is 2.35. The molecule has 0 aromatic heterocycles. The minimum absolute atomic E-state index is 0.0303. The van der Waals surface area contributed by atoms with Crippen LogP contribution in [0.25, 0.3) is 0 Å². The molecule has 3 rings (SSSR count). The zero-order chi connectivity index (χ0) is 18.4. The predicted octanol–water partition coefficient (Wildman–Crippen LogP) is 4.68. The molecule has 0 radical (unpaired) electrons. The van der Waals surface area contributed by atoms with E-state index in [1.54, 1.807) is 18.2 Å². The van der Waals surface area contributed by atoms with Crippen molar-refractivity contribution in [3.05, 3.63) is 28.2 Å². The number of piperidine rings is 1. The van der Waals surface area contributed by atoms with Crippen molar-refractivity contribution >= 4 is 29.1 Å². The quantitative estimate of drug-likeness (QED) is 0.756. The van der Waals surface area contributed by atoms with E-state index in [1.165, 1.54) is 51.4 Å². The van der Waals surface area contributed by atoms with Gasteiger partial charge in [-0.3, -0.25) is 9.69 Å². The average molecular weight is 399 g/mol. The lowest BCUT2D eigenvalue weighted by atomic mass is 9.79. The van der Waals surface area contributed by atoms with Gasteiger partial charge in [-0.25, -0.2) is 0 Å². The van der Waals surface area contributed by atoms with Crippen LogP contribution in [0.2, 0.25) is 10.0 Å². The summed E-state index contributed by atoms with van der Waals surface area (Å²) in [5.74, 6) is 0.382. The third kappa shape index (κ3) is 5.05. The van der Waals surface area contributed by atoms with Crippen molar-refractivity contribution in [2.24, 2.45) is 0 Å². The highest BCUT2D eigenvalue weighted by Gasteiger charge is 2.38. The fourth-order valence-corrected chi connectivity index (χ4v) is 4.70. The molecule has 0 unspecified atom stereocenters. The van der Waals surface area contributed by atoms with Gasteiger partial charge in [-0.2, -0.15) is 0 Å². The fraction of sp³-hybridized carbons (Fsp3) is 0.650. The number of likely N-dealkylation sites (tertiary alicyclic amines) is 1. The van der Waals surface area contributed by atoms with E-state index in [9.17, 15) is 4.79 Å². The molecule has 1 heterocycles. The Kier molecular flexibility index (Phi) is 7.07.